The summed E-state index contributed by atoms with van der Waals surface area (Å²) in [5.74, 6) is 0.00835. The topological polar surface area (TPSA) is 75.5 Å². The van der Waals surface area contributed by atoms with Crippen molar-refractivity contribution < 1.29 is 22.9 Å². The van der Waals surface area contributed by atoms with Gasteiger partial charge in [-0.25, -0.2) is 0 Å². The molecule has 0 radical (unpaired) electrons. The summed E-state index contributed by atoms with van der Waals surface area (Å²) in [7, 11) is 1.54. The fraction of sp³-hybridized carbons (Fsp3) is 0.533. The van der Waals surface area contributed by atoms with Crippen molar-refractivity contribution in [3.05, 3.63) is 33.9 Å². The molecule has 2 rings (SSSR count). The van der Waals surface area contributed by atoms with Gasteiger partial charge in [0.05, 0.1) is 16.2 Å². The molecule has 0 aliphatic carbocycles. The second-order valence-electron chi connectivity index (χ2n) is 5.76. The Bertz CT molecular complexity index is 626. The Morgan fingerprint density at radius 1 is 1.38 bits per heavy atom. The number of carbonyl (C=O) groups excluding carboxylic acids is 1. The second-order valence-corrected chi connectivity index (χ2v) is 5.76. The first-order valence-electron chi connectivity index (χ1n) is 7.53. The molecule has 0 bridgehead atoms. The number of nitrogens with zero attached hydrogens (tertiary/aromatic N) is 2. The highest BCUT2D eigenvalue weighted by Crippen LogP contribution is 2.39. The summed E-state index contributed by atoms with van der Waals surface area (Å²) in [4.78, 5) is 23.1. The molecule has 9 heteroatoms. The van der Waals surface area contributed by atoms with E-state index in [2.05, 4.69) is 5.32 Å². The molecule has 1 aromatic rings. The molecule has 0 atom stereocenters. The van der Waals surface area contributed by atoms with Crippen molar-refractivity contribution in [1.82, 2.24) is 5.32 Å². The lowest BCUT2D eigenvalue weighted by molar-refractivity contribution is -0.384. The number of alkyl halides is 3. The SMILES string of the molecule is CNC(=O)CC1CCN(c2cc([N+](=O)[O-])ccc2C(F)(F)F)CC1. The smallest absolute Gasteiger partial charge is 0.371 e. The van der Waals surface area contributed by atoms with E-state index in [0.29, 0.717) is 32.4 Å². The zero-order chi connectivity index (χ0) is 17.9. The van der Waals surface area contributed by atoms with Crippen molar-refractivity contribution in [2.75, 3.05) is 25.0 Å². The van der Waals surface area contributed by atoms with Crippen molar-refractivity contribution >= 4 is 17.3 Å². The van der Waals surface area contributed by atoms with E-state index in [-0.39, 0.29) is 23.2 Å². The summed E-state index contributed by atoms with van der Waals surface area (Å²) in [5.41, 5.74) is -1.42. The van der Waals surface area contributed by atoms with Gasteiger partial charge in [-0.15, -0.1) is 0 Å². The first kappa shape index (κ1) is 18.0. The van der Waals surface area contributed by atoms with E-state index in [4.69, 9.17) is 0 Å². The van der Waals surface area contributed by atoms with Crippen LogP contribution in [0.15, 0.2) is 18.2 Å². The van der Waals surface area contributed by atoms with Crippen molar-refractivity contribution in [1.29, 1.82) is 0 Å². The lowest BCUT2D eigenvalue weighted by Crippen LogP contribution is -2.36. The first-order chi connectivity index (χ1) is 11.2. The van der Waals surface area contributed by atoms with Crippen LogP contribution in [0.5, 0.6) is 0 Å². The van der Waals surface area contributed by atoms with Gasteiger partial charge < -0.3 is 10.2 Å². The van der Waals surface area contributed by atoms with E-state index in [0.717, 1.165) is 18.2 Å². The van der Waals surface area contributed by atoms with Gasteiger partial charge in [-0.05, 0) is 24.8 Å². The Labute approximate surface area is 136 Å². The minimum atomic E-state index is -4.58. The maximum absolute atomic E-state index is 13.2. The summed E-state index contributed by atoms with van der Waals surface area (Å²) < 4.78 is 39.5. The fourth-order valence-corrected chi connectivity index (χ4v) is 2.88. The molecule has 0 saturated carbocycles. The molecule has 24 heavy (non-hydrogen) atoms. The zero-order valence-corrected chi connectivity index (χ0v) is 13.1. The standard InChI is InChI=1S/C15H18F3N3O3/c1-19-14(22)8-10-4-6-20(7-5-10)13-9-11(21(23)24)2-3-12(13)15(16,17)18/h2-3,9-10H,4-8H2,1H3,(H,19,22). The Kier molecular flexibility index (Phi) is 5.30. The molecule has 1 amide bonds. The van der Waals surface area contributed by atoms with Gasteiger partial charge in [0, 0.05) is 38.7 Å². The highest BCUT2D eigenvalue weighted by molar-refractivity contribution is 5.75. The molecule has 0 aromatic heterocycles. The van der Waals surface area contributed by atoms with Gasteiger partial charge >= 0.3 is 6.18 Å². The summed E-state index contributed by atoms with van der Waals surface area (Å²) >= 11 is 0. The number of nitrogens with one attached hydrogen (secondary N) is 1. The van der Waals surface area contributed by atoms with Gasteiger partial charge in [0.1, 0.15) is 0 Å². The average Bonchev–Trinajstić information content (AvgIpc) is 2.54. The van der Waals surface area contributed by atoms with E-state index in [1.54, 1.807) is 0 Å². The lowest BCUT2D eigenvalue weighted by atomic mass is 9.92. The molecule has 1 aliphatic heterocycles. The quantitative estimate of drug-likeness (QED) is 0.672. The highest BCUT2D eigenvalue weighted by Gasteiger charge is 2.36. The van der Waals surface area contributed by atoms with Gasteiger partial charge in [-0.3, -0.25) is 14.9 Å². The van der Waals surface area contributed by atoms with E-state index in [9.17, 15) is 28.1 Å². The second kappa shape index (κ2) is 7.06. The van der Waals surface area contributed by atoms with Crippen LogP contribution in [0.3, 0.4) is 0 Å². The van der Waals surface area contributed by atoms with Crippen LogP contribution in [-0.4, -0.2) is 31.0 Å². The van der Waals surface area contributed by atoms with Gasteiger partial charge in [-0.1, -0.05) is 0 Å². The lowest BCUT2D eigenvalue weighted by Gasteiger charge is -2.34. The molecule has 0 spiro atoms. The number of hydrogen-bond donors (Lipinski definition) is 1. The number of hydrogen-bond acceptors (Lipinski definition) is 4. The molecular formula is C15H18F3N3O3. The van der Waals surface area contributed by atoms with Crippen molar-refractivity contribution in [3.8, 4) is 0 Å². The van der Waals surface area contributed by atoms with Crippen LogP contribution in [0.2, 0.25) is 0 Å². The average molecular weight is 345 g/mol. The molecule has 1 aromatic carbocycles. The first-order valence-corrected chi connectivity index (χ1v) is 7.53. The maximum atomic E-state index is 13.2. The number of carbonyl (C=O) groups is 1. The number of benzene rings is 1. The van der Waals surface area contributed by atoms with Crippen LogP contribution in [-0.2, 0) is 11.0 Å². The van der Waals surface area contributed by atoms with Crippen molar-refractivity contribution in [3.63, 3.8) is 0 Å². The number of non-ortho nitro benzene ring substituents is 1. The third-order valence-electron chi connectivity index (χ3n) is 4.21. The number of nitro groups is 1. The monoisotopic (exact) mass is 345 g/mol. The normalized spacial score (nSPS) is 16.1. The minimum Gasteiger partial charge on any atom is -0.371 e. The molecular weight excluding hydrogens is 327 g/mol. The largest absolute Gasteiger partial charge is 0.418 e. The Morgan fingerprint density at radius 2 is 2.00 bits per heavy atom. The fourth-order valence-electron chi connectivity index (χ4n) is 2.88. The van der Waals surface area contributed by atoms with Crippen LogP contribution in [0.4, 0.5) is 24.5 Å². The van der Waals surface area contributed by atoms with Gasteiger partial charge in [0.25, 0.3) is 5.69 Å². The molecule has 6 nitrogen and oxygen atoms in total. The van der Waals surface area contributed by atoms with Crippen LogP contribution < -0.4 is 10.2 Å². The van der Waals surface area contributed by atoms with Gasteiger partial charge in [0.15, 0.2) is 0 Å². The zero-order valence-electron chi connectivity index (χ0n) is 13.1. The Hall–Kier alpha value is -2.32. The van der Waals surface area contributed by atoms with Gasteiger partial charge in [0.2, 0.25) is 5.91 Å². The third-order valence-corrected chi connectivity index (χ3v) is 4.21. The van der Waals surface area contributed by atoms with Crippen LogP contribution in [0.25, 0.3) is 0 Å². The molecule has 1 heterocycles. The molecule has 1 fully saturated rings. The highest BCUT2D eigenvalue weighted by atomic mass is 19.4. The van der Waals surface area contributed by atoms with Crippen LogP contribution in [0, 0.1) is 16.0 Å². The molecule has 1 aliphatic rings. The molecule has 132 valence electrons. The predicted molar refractivity (Wildman–Crippen MR) is 81.7 cm³/mol. The number of halogens is 3. The predicted octanol–water partition coefficient (Wildman–Crippen LogP) is 2.97. The Balaban J connectivity index is 2.20. The number of piperidine rings is 1. The van der Waals surface area contributed by atoms with E-state index in [1.165, 1.54) is 11.9 Å². The number of anilines is 1. The molecule has 0 unspecified atom stereocenters. The van der Waals surface area contributed by atoms with E-state index < -0.39 is 16.7 Å². The summed E-state index contributed by atoms with van der Waals surface area (Å²) in [6, 6.07) is 2.59. The molecule has 1 N–H and O–H groups in total. The summed E-state index contributed by atoms with van der Waals surface area (Å²) in [5, 5.41) is 13.4. The third kappa shape index (κ3) is 4.15. The number of nitro benzene ring substituents is 1. The van der Waals surface area contributed by atoms with E-state index in [1.807, 2.05) is 0 Å². The van der Waals surface area contributed by atoms with Crippen molar-refractivity contribution in [2.24, 2.45) is 5.92 Å². The molecule has 1 saturated heterocycles. The van der Waals surface area contributed by atoms with Crippen LogP contribution in [0.1, 0.15) is 24.8 Å². The van der Waals surface area contributed by atoms with Crippen LogP contribution >= 0.6 is 0 Å². The summed E-state index contributed by atoms with van der Waals surface area (Å²) in [6.07, 6.45) is -3.12. The number of rotatable bonds is 4. The number of amides is 1. The van der Waals surface area contributed by atoms with Gasteiger partial charge in [-0.2, -0.15) is 13.2 Å². The summed E-state index contributed by atoms with van der Waals surface area (Å²) in [6.45, 7) is 0.651. The maximum Gasteiger partial charge on any atom is 0.418 e. The minimum absolute atomic E-state index is 0.0974. The van der Waals surface area contributed by atoms with E-state index >= 15 is 0 Å². The van der Waals surface area contributed by atoms with Crippen molar-refractivity contribution in [2.45, 2.75) is 25.4 Å². The Morgan fingerprint density at radius 3 is 2.50 bits per heavy atom.